The highest BCUT2D eigenvalue weighted by Gasteiger charge is 2.20. The molecule has 12 heavy (non-hydrogen) atoms. The molecule has 0 radical (unpaired) electrons. The number of ether oxygens (including phenoxy) is 1. The zero-order valence-electron chi connectivity index (χ0n) is 8.68. The number of hydrogen-bond donors (Lipinski definition) is 0. The first-order valence-corrected chi connectivity index (χ1v) is 4.66. The van der Waals surface area contributed by atoms with Gasteiger partial charge in [-0.1, -0.05) is 19.8 Å². The van der Waals surface area contributed by atoms with Crippen LogP contribution in [-0.2, 0) is 4.74 Å². The molecule has 70 valence electrons. The molecule has 0 amide bonds. The van der Waals surface area contributed by atoms with Gasteiger partial charge in [-0.3, -0.25) is 0 Å². The third kappa shape index (κ3) is 4.41. The molecule has 0 saturated carbocycles. The maximum atomic E-state index is 5.49. The average molecular weight is 168 g/mol. The van der Waals surface area contributed by atoms with E-state index in [9.17, 15) is 0 Å². The molecule has 1 nitrogen and oxygen atoms in total. The van der Waals surface area contributed by atoms with Crippen LogP contribution in [0, 0.1) is 18.3 Å². The highest BCUT2D eigenvalue weighted by molar-refractivity contribution is 5.05. The Bertz CT molecular complexity index is 155. The van der Waals surface area contributed by atoms with Gasteiger partial charge in [-0.05, 0) is 32.6 Å². The number of rotatable bonds is 5. The summed E-state index contributed by atoms with van der Waals surface area (Å²) in [6.07, 6.45) is 7.48. The minimum atomic E-state index is -0.348. The zero-order valence-corrected chi connectivity index (χ0v) is 8.68. The van der Waals surface area contributed by atoms with Crippen LogP contribution in [0.25, 0.3) is 0 Å². The molecule has 0 aliphatic rings. The SMILES string of the molecule is C#CC(C)(CCC(C)C)OCC. The molecule has 1 unspecified atom stereocenters. The lowest BCUT2D eigenvalue weighted by Gasteiger charge is -2.24. The first-order valence-electron chi connectivity index (χ1n) is 4.66. The maximum Gasteiger partial charge on any atom is 0.125 e. The van der Waals surface area contributed by atoms with Crippen molar-refractivity contribution in [2.75, 3.05) is 6.61 Å². The van der Waals surface area contributed by atoms with Gasteiger partial charge in [-0.25, -0.2) is 0 Å². The van der Waals surface area contributed by atoms with E-state index >= 15 is 0 Å². The fourth-order valence-electron chi connectivity index (χ4n) is 1.07. The van der Waals surface area contributed by atoms with E-state index in [1.165, 1.54) is 0 Å². The smallest absolute Gasteiger partial charge is 0.125 e. The van der Waals surface area contributed by atoms with Gasteiger partial charge >= 0.3 is 0 Å². The molecule has 0 rings (SSSR count). The molecule has 0 spiro atoms. The second-order valence-corrected chi connectivity index (χ2v) is 3.74. The highest BCUT2D eigenvalue weighted by Crippen LogP contribution is 2.19. The van der Waals surface area contributed by atoms with Crippen molar-refractivity contribution in [3.63, 3.8) is 0 Å². The van der Waals surface area contributed by atoms with Crippen molar-refractivity contribution in [2.24, 2.45) is 5.92 Å². The molecular weight excluding hydrogens is 148 g/mol. The molecule has 0 heterocycles. The monoisotopic (exact) mass is 168 g/mol. The van der Waals surface area contributed by atoms with Crippen LogP contribution in [0.4, 0.5) is 0 Å². The molecule has 0 fully saturated rings. The van der Waals surface area contributed by atoms with E-state index in [4.69, 9.17) is 11.2 Å². The molecule has 0 aromatic rings. The van der Waals surface area contributed by atoms with E-state index in [-0.39, 0.29) is 5.60 Å². The summed E-state index contributed by atoms with van der Waals surface area (Å²) in [6, 6.07) is 0. The molecule has 0 bridgehead atoms. The summed E-state index contributed by atoms with van der Waals surface area (Å²) < 4.78 is 5.49. The summed E-state index contributed by atoms with van der Waals surface area (Å²) in [6.45, 7) is 9.05. The van der Waals surface area contributed by atoms with Gasteiger partial charge in [0.25, 0.3) is 0 Å². The zero-order chi connectivity index (χ0) is 9.61. The van der Waals surface area contributed by atoms with Gasteiger partial charge in [0, 0.05) is 6.61 Å². The van der Waals surface area contributed by atoms with Gasteiger partial charge < -0.3 is 4.74 Å². The largest absolute Gasteiger partial charge is 0.363 e. The van der Waals surface area contributed by atoms with Gasteiger partial charge in [0.15, 0.2) is 0 Å². The van der Waals surface area contributed by atoms with Crippen molar-refractivity contribution in [1.82, 2.24) is 0 Å². The third-order valence-electron chi connectivity index (χ3n) is 1.97. The maximum absolute atomic E-state index is 5.49. The lowest BCUT2D eigenvalue weighted by molar-refractivity contribution is 0.0117. The van der Waals surface area contributed by atoms with Crippen molar-refractivity contribution < 1.29 is 4.74 Å². The van der Waals surface area contributed by atoms with Gasteiger partial charge in [-0.2, -0.15) is 0 Å². The fourth-order valence-corrected chi connectivity index (χ4v) is 1.07. The summed E-state index contributed by atoms with van der Waals surface area (Å²) >= 11 is 0. The Hall–Kier alpha value is -0.480. The third-order valence-corrected chi connectivity index (χ3v) is 1.97. The minimum Gasteiger partial charge on any atom is -0.363 e. The molecule has 0 aromatic heterocycles. The first kappa shape index (κ1) is 11.5. The van der Waals surface area contributed by atoms with E-state index in [2.05, 4.69) is 19.8 Å². The topological polar surface area (TPSA) is 9.23 Å². The second kappa shape index (κ2) is 5.22. The van der Waals surface area contributed by atoms with Gasteiger partial charge in [-0.15, -0.1) is 6.42 Å². The molecule has 1 heteroatoms. The van der Waals surface area contributed by atoms with Gasteiger partial charge in [0.1, 0.15) is 5.60 Å². The van der Waals surface area contributed by atoms with Crippen LogP contribution in [0.15, 0.2) is 0 Å². The summed E-state index contributed by atoms with van der Waals surface area (Å²) in [5.41, 5.74) is -0.348. The number of hydrogen-bond acceptors (Lipinski definition) is 1. The van der Waals surface area contributed by atoms with Gasteiger partial charge in [0.05, 0.1) is 0 Å². The molecular formula is C11H20O. The molecule has 1 atom stereocenters. The van der Waals surface area contributed by atoms with Crippen LogP contribution in [0.5, 0.6) is 0 Å². The summed E-state index contributed by atoms with van der Waals surface area (Å²) in [5.74, 6) is 3.41. The normalized spacial score (nSPS) is 15.7. The predicted molar refractivity (Wildman–Crippen MR) is 52.9 cm³/mol. The van der Waals surface area contributed by atoms with E-state index < -0.39 is 0 Å². The van der Waals surface area contributed by atoms with Crippen molar-refractivity contribution in [3.05, 3.63) is 0 Å². The van der Waals surface area contributed by atoms with Crippen LogP contribution >= 0.6 is 0 Å². The standard InChI is InChI=1S/C11H20O/c1-6-11(5,12-7-2)9-8-10(3)4/h1,10H,7-9H2,2-5H3. The lowest BCUT2D eigenvalue weighted by atomic mass is 9.96. The Kier molecular flexibility index (Phi) is 5.01. The Balaban J connectivity index is 3.90. The lowest BCUT2D eigenvalue weighted by Crippen LogP contribution is -2.27. The Labute approximate surface area is 76.5 Å². The quantitative estimate of drug-likeness (QED) is 0.574. The molecule has 0 saturated heterocycles. The summed E-state index contributed by atoms with van der Waals surface area (Å²) in [4.78, 5) is 0. The Morgan fingerprint density at radius 3 is 2.42 bits per heavy atom. The molecule has 0 aliphatic carbocycles. The summed E-state index contributed by atoms with van der Waals surface area (Å²) in [7, 11) is 0. The highest BCUT2D eigenvalue weighted by atomic mass is 16.5. The second-order valence-electron chi connectivity index (χ2n) is 3.74. The Morgan fingerprint density at radius 1 is 1.50 bits per heavy atom. The van der Waals surface area contributed by atoms with Crippen molar-refractivity contribution in [1.29, 1.82) is 0 Å². The predicted octanol–water partition coefficient (Wildman–Crippen LogP) is 2.85. The van der Waals surface area contributed by atoms with E-state index in [0.29, 0.717) is 12.5 Å². The average Bonchev–Trinajstić information content (AvgIpc) is 2.02. The van der Waals surface area contributed by atoms with Crippen LogP contribution in [0.1, 0.15) is 40.5 Å². The Morgan fingerprint density at radius 2 is 2.08 bits per heavy atom. The van der Waals surface area contributed by atoms with Gasteiger partial charge in [0.2, 0.25) is 0 Å². The van der Waals surface area contributed by atoms with Crippen LogP contribution in [0.3, 0.4) is 0 Å². The van der Waals surface area contributed by atoms with Crippen LogP contribution in [0.2, 0.25) is 0 Å². The van der Waals surface area contributed by atoms with Crippen molar-refractivity contribution in [2.45, 2.75) is 46.1 Å². The first-order chi connectivity index (χ1) is 5.54. The van der Waals surface area contributed by atoms with Crippen molar-refractivity contribution in [3.8, 4) is 12.3 Å². The van der Waals surface area contributed by atoms with E-state index in [1.54, 1.807) is 0 Å². The molecule has 0 aromatic carbocycles. The molecule has 0 N–H and O–H groups in total. The number of terminal acetylenes is 1. The van der Waals surface area contributed by atoms with E-state index in [1.807, 2.05) is 13.8 Å². The van der Waals surface area contributed by atoms with Crippen LogP contribution in [-0.4, -0.2) is 12.2 Å². The van der Waals surface area contributed by atoms with E-state index in [0.717, 1.165) is 12.8 Å². The fraction of sp³-hybridized carbons (Fsp3) is 0.818. The summed E-state index contributed by atoms with van der Waals surface area (Å²) in [5, 5.41) is 0. The minimum absolute atomic E-state index is 0.348. The van der Waals surface area contributed by atoms with Crippen molar-refractivity contribution >= 4 is 0 Å². The molecule has 0 aliphatic heterocycles. The van der Waals surface area contributed by atoms with Crippen LogP contribution < -0.4 is 0 Å².